The number of nitrogens with one attached hydrogen (secondary N) is 1. The van der Waals surface area contributed by atoms with Crippen LogP contribution in [0.15, 0.2) is 12.1 Å². The van der Waals surface area contributed by atoms with Crippen LogP contribution in [0.3, 0.4) is 0 Å². The monoisotopic (exact) mass is 408 g/mol. The normalized spacial score (nSPS) is 12.6. The summed E-state index contributed by atoms with van der Waals surface area (Å²) in [5.41, 5.74) is 5.30. The van der Waals surface area contributed by atoms with Crippen molar-refractivity contribution in [3.8, 4) is 0 Å². The maximum atomic E-state index is 12.6. The lowest BCUT2D eigenvalue weighted by Crippen LogP contribution is -2.32. The number of sulfonamides is 1. The van der Waals surface area contributed by atoms with E-state index in [1.165, 1.54) is 17.8 Å². The molecular weight excluding hydrogens is 388 g/mol. The molecule has 0 saturated carbocycles. The van der Waals surface area contributed by atoms with Crippen LogP contribution in [0.1, 0.15) is 40.5 Å². The molecule has 0 aliphatic carbocycles. The topological polar surface area (TPSA) is 127 Å². The van der Waals surface area contributed by atoms with Gasteiger partial charge in [0.25, 0.3) is 0 Å². The Morgan fingerprint density at radius 1 is 1.36 bits per heavy atom. The van der Waals surface area contributed by atoms with E-state index in [0.717, 1.165) is 6.07 Å². The van der Waals surface area contributed by atoms with Crippen molar-refractivity contribution < 1.29 is 23.1 Å². The van der Waals surface area contributed by atoms with Crippen LogP contribution in [-0.2, 0) is 10.0 Å². The highest BCUT2D eigenvalue weighted by molar-refractivity contribution is 7.98. The zero-order valence-electron chi connectivity index (χ0n) is 13.9. The number of carboxylic acid groups (broad SMARTS) is 1. The number of Topliss-reactive ketones (excluding diaryl/α,β-unsaturated/α-hetero) is 1. The SMILES string of the molecule is CCCS(=O)(=O)Nc1c(C(=O)[C@@H](N)CCSC)ccc(C(=O)O)c1Cl. The molecule has 0 saturated heterocycles. The molecule has 0 radical (unpaired) electrons. The van der Waals surface area contributed by atoms with E-state index in [-0.39, 0.29) is 27.6 Å². The Morgan fingerprint density at radius 3 is 2.48 bits per heavy atom. The lowest BCUT2D eigenvalue weighted by Gasteiger charge is -2.17. The third kappa shape index (κ3) is 5.88. The molecule has 1 atom stereocenters. The number of ketones is 1. The zero-order valence-corrected chi connectivity index (χ0v) is 16.3. The molecule has 10 heteroatoms. The highest BCUT2D eigenvalue weighted by Crippen LogP contribution is 2.32. The number of hydrogen-bond donors (Lipinski definition) is 3. The fourth-order valence-electron chi connectivity index (χ4n) is 2.10. The molecule has 0 spiro atoms. The average Bonchev–Trinajstić information content (AvgIpc) is 2.53. The third-order valence-electron chi connectivity index (χ3n) is 3.34. The summed E-state index contributed by atoms with van der Waals surface area (Å²) in [6, 6.07) is 1.56. The van der Waals surface area contributed by atoms with E-state index in [9.17, 15) is 23.1 Å². The van der Waals surface area contributed by atoms with Crippen LogP contribution in [-0.4, -0.2) is 49.1 Å². The molecule has 4 N–H and O–H groups in total. The van der Waals surface area contributed by atoms with Crippen molar-refractivity contribution in [2.24, 2.45) is 5.73 Å². The minimum Gasteiger partial charge on any atom is -0.478 e. The third-order valence-corrected chi connectivity index (χ3v) is 5.84. The van der Waals surface area contributed by atoms with Gasteiger partial charge in [-0.3, -0.25) is 9.52 Å². The van der Waals surface area contributed by atoms with Crippen molar-refractivity contribution in [2.75, 3.05) is 22.5 Å². The number of aromatic carboxylic acids is 1. The number of carbonyl (C=O) groups is 2. The summed E-state index contributed by atoms with van der Waals surface area (Å²) in [7, 11) is -3.77. The van der Waals surface area contributed by atoms with Gasteiger partial charge in [0.2, 0.25) is 10.0 Å². The summed E-state index contributed by atoms with van der Waals surface area (Å²) < 4.78 is 26.4. The molecule has 0 aromatic heterocycles. The summed E-state index contributed by atoms with van der Waals surface area (Å²) in [5, 5.41) is 8.83. The second kappa shape index (κ2) is 9.42. The minimum atomic E-state index is -3.77. The summed E-state index contributed by atoms with van der Waals surface area (Å²) >= 11 is 7.59. The van der Waals surface area contributed by atoms with Gasteiger partial charge < -0.3 is 10.8 Å². The second-order valence-corrected chi connectivity index (χ2v) is 8.53. The lowest BCUT2D eigenvalue weighted by molar-refractivity contribution is 0.0696. The van der Waals surface area contributed by atoms with Crippen molar-refractivity contribution in [1.29, 1.82) is 0 Å². The Labute approximate surface area is 156 Å². The Balaban J connectivity index is 3.39. The maximum Gasteiger partial charge on any atom is 0.337 e. The van der Waals surface area contributed by atoms with Gasteiger partial charge in [-0.05, 0) is 37.0 Å². The van der Waals surface area contributed by atoms with Gasteiger partial charge >= 0.3 is 5.97 Å². The molecule has 0 aliphatic rings. The van der Waals surface area contributed by atoms with Crippen molar-refractivity contribution in [3.05, 3.63) is 28.3 Å². The number of benzene rings is 1. The van der Waals surface area contributed by atoms with Crippen LogP contribution >= 0.6 is 23.4 Å². The lowest BCUT2D eigenvalue weighted by atomic mass is 9.99. The zero-order chi connectivity index (χ0) is 19.2. The highest BCUT2D eigenvalue weighted by Gasteiger charge is 2.26. The number of rotatable bonds is 10. The van der Waals surface area contributed by atoms with E-state index in [2.05, 4.69) is 4.72 Å². The predicted octanol–water partition coefficient (Wildman–Crippen LogP) is 2.45. The Hall–Kier alpha value is -1.29. The van der Waals surface area contributed by atoms with Gasteiger partial charge in [-0.2, -0.15) is 11.8 Å². The average molecular weight is 409 g/mol. The van der Waals surface area contributed by atoms with E-state index in [1.807, 2.05) is 6.26 Å². The molecule has 1 aromatic carbocycles. The number of anilines is 1. The Morgan fingerprint density at radius 2 is 1.96 bits per heavy atom. The molecule has 0 unspecified atom stereocenters. The minimum absolute atomic E-state index is 0.0386. The molecule has 140 valence electrons. The molecule has 0 heterocycles. The van der Waals surface area contributed by atoms with Crippen molar-refractivity contribution in [3.63, 3.8) is 0 Å². The predicted molar refractivity (Wildman–Crippen MR) is 101 cm³/mol. The fraction of sp³-hybridized carbons (Fsp3) is 0.467. The smallest absolute Gasteiger partial charge is 0.337 e. The highest BCUT2D eigenvalue weighted by atomic mass is 35.5. The Kier molecular flexibility index (Phi) is 8.20. The van der Waals surface area contributed by atoms with E-state index < -0.39 is 27.8 Å². The molecule has 1 aromatic rings. The molecular formula is C15H21ClN2O5S2. The van der Waals surface area contributed by atoms with Crippen LogP contribution < -0.4 is 10.5 Å². The van der Waals surface area contributed by atoms with Gasteiger partial charge in [0.15, 0.2) is 5.78 Å². The number of hydrogen-bond acceptors (Lipinski definition) is 6. The van der Waals surface area contributed by atoms with Crippen LogP contribution in [0.4, 0.5) is 5.69 Å². The Bertz CT molecular complexity index is 753. The number of carbonyl (C=O) groups excluding carboxylic acids is 1. The standard InChI is InChI=1S/C15H21ClN2O5S2/c1-3-8-25(22,23)18-13-10(14(19)11(17)6-7-24-2)5-4-9(12(13)16)15(20)21/h4-5,11,18H,3,6-8,17H2,1-2H3,(H,20,21)/t11-/m0/s1. The van der Waals surface area contributed by atoms with Crippen LogP contribution in [0, 0.1) is 0 Å². The van der Waals surface area contributed by atoms with E-state index >= 15 is 0 Å². The fourth-order valence-corrected chi connectivity index (χ4v) is 4.10. The number of halogens is 1. The van der Waals surface area contributed by atoms with E-state index in [1.54, 1.807) is 6.92 Å². The van der Waals surface area contributed by atoms with Gasteiger partial charge in [0.1, 0.15) is 0 Å². The largest absolute Gasteiger partial charge is 0.478 e. The summed E-state index contributed by atoms with van der Waals surface area (Å²) in [5.74, 6) is -1.36. The molecule has 0 amide bonds. The van der Waals surface area contributed by atoms with Gasteiger partial charge in [0.05, 0.1) is 28.1 Å². The summed E-state index contributed by atoms with van der Waals surface area (Å²) in [4.78, 5) is 23.8. The molecule has 0 fully saturated rings. The van der Waals surface area contributed by atoms with Gasteiger partial charge in [-0.1, -0.05) is 18.5 Å². The van der Waals surface area contributed by atoms with E-state index in [0.29, 0.717) is 18.6 Å². The van der Waals surface area contributed by atoms with Gasteiger partial charge in [-0.25, -0.2) is 13.2 Å². The number of carboxylic acids is 1. The van der Waals surface area contributed by atoms with Crippen molar-refractivity contribution in [2.45, 2.75) is 25.8 Å². The van der Waals surface area contributed by atoms with Gasteiger partial charge in [0, 0.05) is 5.56 Å². The quantitative estimate of drug-likeness (QED) is 0.507. The molecule has 7 nitrogen and oxygen atoms in total. The molecule has 1 rings (SSSR count). The van der Waals surface area contributed by atoms with Gasteiger partial charge in [-0.15, -0.1) is 0 Å². The van der Waals surface area contributed by atoms with Crippen LogP contribution in [0.2, 0.25) is 5.02 Å². The first-order chi connectivity index (χ1) is 11.6. The summed E-state index contributed by atoms with van der Waals surface area (Å²) in [6.07, 6.45) is 2.63. The molecule has 0 aliphatic heterocycles. The molecule has 25 heavy (non-hydrogen) atoms. The van der Waals surface area contributed by atoms with Crippen LogP contribution in [0.5, 0.6) is 0 Å². The maximum absolute atomic E-state index is 12.6. The molecule has 0 bridgehead atoms. The number of nitrogens with two attached hydrogens (primary N) is 1. The number of thioether (sulfide) groups is 1. The van der Waals surface area contributed by atoms with Crippen molar-refractivity contribution in [1.82, 2.24) is 0 Å². The first-order valence-electron chi connectivity index (χ1n) is 7.49. The van der Waals surface area contributed by atoms with Crippen molar-refractivity contribution >= 4 is 50.8 Å². The second-order valence-electron chi connectivity index (χ2n) is 5.33. The summed E-state index contributed by atoms with van der Waals surface area (Å²) in [6.45, 7) is 1.68. The van der Waals surface area contributed by atoms with E-state index in [4.69, 9.17) is 17.3 Å². The first-order valence-corrected chi connectivity index (χ1v) is 10.9. The first kappa shape index (κ1) is 21.8. The van der Waals surface area contributed by atoms with Crippen LogP contribution in [0.25, 0.3) is 0 Å².